The summed E-state index contributed by atoms with van der Waals surface area (Å²) in [6.45, 7) is 4.12. The number of rotatable bonds is 3. The average molecular weight is 270 g/mol. The van der Waals surface area contributed by atoms with E-state index in [2.05, 4.69) is 39.1 Å². The summed E-state index contributed by atoms with van der Waals surface area (Å²) in [4.78, 5) is 0. The number of nitrogen functional groups attached to an aromatic ring is 1. The van der Waals surface area contributed by atoms with E-state index in [0.717, 1.165) is 17.0 Å². The molecule has 0 saturated carbocycles. The molecule has 0 spiro atoms. The van der Waals surface area contributed by atoms with Crippen molar-refractivity contribution in [2.24, 2.45) is 0 Å². The number of benzene rings is 1. The molecule has 2 aromatic heterocycles. The maximum Gasteiger partial charge on any atom is 0.243 e. The first-order valence-corrected chi connectivity index (χ1v) is 6.28. The maximum atomic E-state index is 5.75. The molecule has 0 amide bonds. The van der Waals surface area contributed by atoms with E-state index >= 15 is 0 Å². The number of hydrogen-bond donors (Lipinski definition) is 1. The quantitative estimate of drug-likeness (QED) is 0.782. The SMILES string of the molecule is CC(C)c1nnn(-c2nonc2N)c1-c1ccccc1. The molecule has 20 heavy (non-hydrogen) atoms. The monoisotopic (exact) mass is 270 g/mol. The molecule has 2 heterocycles. The van der Waals surface area contributed by atoms with Gasteiger partial charge in [0.1, 0.15) is 0 Å². The van der Waals surface area contributed by atoms with Crippen LogP contribution in [0.1, 0.15) is 25.5 Å². The van der Waals surface area contributed by atoms with E-state index in [9.17, 15) is 0 Å². The molecule has 0 saturated heterocycles. The Labute approximate surface area is 115 Å². The molecular weight excluding hydrogens is 256 g/mol. The van der Waals surface area contributed by atoms with Gasteiger partial charge < -0.3 is 5.73 Å². The molecule has 0 bridgehead atoms. The lowest BCUT2D eigenvalue weighted by Crippen LogP contribution is -2.04. The van der Waals surface area contributed by atoms with Crippen molar-refractivity contribution in [3.8, 4) is 17.1 Å². The minimum atomic E-state index is 0.183. The molecule has 0 radical (unpaired) electrons. The number of nitrogens with two attached hydrogens (primary N) is 1. The minimum absolute atomic E-state index is 0.183. The standard InChI is InChI=1S/C13H14N6O/c1-8(2)10-11(9-6-4-3-5-7-9)19(18-15-10)13-12(14)16-20-17-13/h3-8H,1-2H3,(H2,14,16). The smallest absolute Gasteiger partial charge is 0.243 e. The zero-order valence-corrected chi connectivity index (χ0v) is 11.2. The number of hydrogen-bond acceptors (Lipinski definition) is 6. The third-order valence-electron chi connectivity index (χ3n) is 2.99. The normalized spacial score (nSPS) is 11.2. The van der Waals surface area contributed by atoms with Crippen molar-refractivity contribution in [1.82, 2.24) is 25.3 Å². The largest absolute Gasteiger partial charge is 0.378 e. The molecule has 7 nitrogen and oxygen atoms in total. The lowest BCUT2D eigenvalue weighted by molar-refractivity contribution is 0.307. The van der Waals surface area contributed by atoms with Gasteiger partial charge >= 0.3 is 0 Å². The first kappa shape index (κ1) is 12.3. The van der Waals surface area contributed by atoms with Gasteiger partial charge in [-0.05, 0) is 16.2 Å². The molecule has 102 valence electrons. The van der Waals surface area contributed by atoms with Gasteiger partial charge in [-0.2, -0.15) is 4.68 Å². The minimum Gasteiger partial charge on any atom is -0.378 e. The summed E-state index contributed by atoms with van der Waals surface area (Å²) in [6, 6.07) is 9.86. The van der Waals surface area contributed by atoms with Crippen LogP contribution in [-0.2, 0) is 0 Å². The third kappa shape index (κ3) is 1.93. The number of nitrogens with zero attached hydrogens (tertiary/aromatic N) is 5. The number of anilines is 1. The Morgan fingerprint density at radius 1 is 1.15 bits per heavy atom. The summed E-state index contributed by atoms with van der Waals surface area (Å²) < 4.78 is 6.21. The highest BCUT2D eigenvalue weighted by Gasteiger charge is 2.22. The van der Waals surface area contributed by atoms with Gasteiger partial charge in [0.05, 0.1) is 11.4 Å². The van der Waals surface area contributed by atoms with E-state index in [4.69, 9.17) is 5.73 Å². The molecule has 1 aromatic carbocycles. The fourth-order valence-electron chi connectivity index (χ4n) is 2.03. The van der Waals surface area contributed by atoms with Crippen molar-refractivity contribution in [3.63, 3.8) is 0 Å². The van der Waals surface area contributed by atoms with E-state index in [1.807, 2.05) is 30.3 Å². The van der Waals surface area contributed by atoms with E-state index < -0.39 is 0 Å². The molecule has 7 heteroatoms. The summed E-state index contributed by atoms with van der Waals surface area (Å²) in [5.41, 5.74) is 8.46. The van der Waals surface area contributed by atoms with Crippen LogP contribution in [0.3, 0.4) is 0 Å². The molecule has 2 N–H and O–H groups in total. The second kappa shape index (κ2) is 4.76. The molecule has 0 aliphatic carbocycles. The average Bonchev–Trinajstić information content (AvgIpc) is 3.05. The summed E-state index contributed by atoms with van der Waals surface area (Å²) in [5.74, 6) is 0.755. The van der Waals surface area contributed by atoms with Gasteiger partial charge in [-0.3, -0.25) is 0 Å². The molecule has 3 rings (SSSR count). The Morgan fingerprint density at radius 2 is 1.90 bits per heavy atom. The highest BCUT2D eigenvalue weighted by Crippen LogP contribution is 2.29. The topological polar surface area (TPSA) is 95.6 Å². The van der Waals surface area contributed by atoms with E-state index in [0.29, 0.717) is 5.82 Å². The molecule has 0 unspecified atom stereocenters. The summed E-state index contributed by atoms with van der Waals surface area (Å²) in [6.07, 6.45) is 0. The van der Waals surface area contributed by atoms with E-state index in [1.165, 1.54) is 0 Å². The van der Waals surface area contributed by atoms with Gasteiger partial charge in [0, 0.05) is 5.56 Å². The van der Waals surface area contributed by atoms with Gasteiger partial charge in [-0.25, -0.2) is 4.63 Å². The lowest BCUT2D eigenvalue weighted by Gasteiger charge is -2.07. The molecular formula is C13H14N6O. The van der Waals surface area contributed by atoms with Crippen molar-refractivity contribution < 1.29 is 4.63 Å². The Kier molecular flexibility index (Phi) is 2.94. The summed E-state index contributed by atoms with van der Waals surface area (Å²) in [5, 5.41) is 15.8. The van der Waals surface area contributed by atoms with E-state index in [-0.39, 0.29) is 11.7 Å². The van der Waals surface area contributed by atoms with Gasteiger partial charge in [0.25, 0.3) is 0 Å². The lowest BCUT2D eigenvalue weighted by atomic mass is 10.0. The third-order valence-corrected chi connectivity index (χ3v) is 2.99. The predicted octanol–water partition coefficient (Wildman–Crippen LogP) is 2.02. The van der Waals surface area contributed by atoms with Crippen molar-refractivity contribution >= 4 is 5.82 Å². The van der Waals surface area contributed by atoms with Crippen LogP contribution in [0.15, 0.2) is 35.0 Å². The second-order valence-electron chi connectivity index (χ2n) is 4.73. The zero-order valence-electron chi connectivity index (χ0n) is 11.2. The van der Waals surface area contributed by atoms with Crippen molar-refractivity contribution in [2.45, 2.75) is 19.8 Å². The van der Waals surface area contributed by atoms with Crippen molar-refractivity contribution in [3.05, 3.63) is 36.0 Å². The summed E-state index contributed by atoms with van der Waals surface area (Å²) in [7, 11) is 0. The van der Waals surface area contributed by atoms with E-state index in [1.54, 1.807) is 4.68 Å². The first-order valence-electron chi connectivity index (χ1n) is 6.28. The molecule has 0 fully saturated rings. The molecule has 0 aliphatic heterocycles. The van der Waals surface area contributed by atoms with Crippen LogP contribution in [0.2, 0.25) is 0 Å². The van der Waals surface area contributed by atoms with Crippen LogP contribution in [0.5, 0.6) is 0 Å². The van der Waals surface area contributed by atoms with Gasteiger partial charge in [0.15, 0.2) is 0 Å². The Morgan fingerprint density at radius 3 is 2.50 bits per heavy atom. The van der Waals surface area contributed by atoms with Gasteiger partial charge in [0.2, 0.25) is 11.6 Å². The zero-order chi connectivity index (χ0) is 14.1. The van der Waals surface area contributed by atoms with Crippen LogP contribution < -0.4 is 5.73 Å². The fourth-order valence-corrected chi connectivity index (χ4v) is 2.03. The van der Waals surface area contributed by atoms with Crippen LogP contribution in [0, 0.1) is 0 Å². The Bertz CT molecular complexity index is 716. The highest BCUT2D eigenvalue weighted by atomic mass is 16.6. The number of aromatic nitrogens is 5. The van der Waals surface area contributed by atoms with Crippen molar-refractivity contribution in [1.29, 1.82) is 0 Å². The van der Waals surface area contributed by atoms with Crippen LogP contribution in [0.4, 0.5) is 5.82 Å². The van der Waals surface area contributed by atoms with Crippen LogP contribution >= 0.6 is 0 Å². The predicted molar refractivity (Wildman–Crippen MR) is 73.2 cm³/mol. The van der Waals surface area contributed by atoms with Crippen LogP contribution in [-0.4, -0.2) is 25.3 Å². The van der Waals surface area contributed by atoms with Crippen LogP contribution in [0.25, 0.3) is 17.1 Å². The molecule has 3 aromatic rings. The molecule has 0 atom stereocenters. The Hall–Kier alpha value is -2.70. The van der Waals surface area contributed by atoms with Gasteiger partial charge in [-0.1, -0.05) is 49.4 Å². The summed E-state index contributed by atoms with van der Waals surface area (Å²) >= 11 is 0. The highest BCUT2D eigenvalue weighted by molar-refractivity contribution is 5.65. The Balaban J connectivity index is 2.25. The maximum absolute atomic E-state index is 5.75. The molecule has 0 aliphatic rings. The first-order chi connectivity index (χ1) is 9.68. The van der Waals surface area contributed by atoms with Gasteiger partial charge in [-0.15, -0.1) is 5.10 Å². The second-order valence-corrected chi connectivity index (χ2v) is 4.73. The van der Waals surface area contributed by atoms with Crippen molar-refractivity contribution in [2.75, 3.05) is 5.73 Å². The fraction of sp³-hybridized carbons (Fsp3) is 0.231.